The predicted octanol–water partition coefficient (Wildman–Crippen LogP) is 2.09. The Labute approximate surface area is 106 Å². The van der Waals surface area contributed by atoms with E-state index in [1.165, 1.54) is 12.1 Å². The van der Waals surface area contributed by atoms with Crippen LogP contribution < -0.4 is 5.32 Å². The summed E-state index contributed by atoms with van der Waals surface area (Å²) in [6.07, 6.45) is 1.99. The van der Waals surface area contributed by atoms with Crippen LogP contribution in [0, 0.1) is 13.7 Å². The average Bonchev–Trinajstić information content (AvgIpc) is 3.01. The summed E-state index contributed by atoms with van der Waals surface area (Å²) < 4.78 is 0.723. The van der Waals surface area contributed by atoms with E-state index in [2.05, 4.69) is 5.32 Å². The van der Waals surface area contributed by atoms with Gasteiger partial charge in [-0.25, -0.2) is 0 Å². The van der Waals surface area contributed by atoms with Crippen molar-refractivity contribution >= 4 is 34.2 Å². The molecule has 0 atom stereocenters. The standard InChI is InChI=1S/C10H9IN2O3/c11-9-4-3-7(13(15)16)5-8(9)10(14)12-6-1-2-6/h3-6H,1-2H2,(H,12,14). The molecule has 0 bridgehead atoms. The van der Waals surface area contributed by atoms with Crippen molar-refractivity contribution in [1.29, 1.82) is 0 Å². The molecule has 0 aromatic heterocycles. The number of amides is 1. The zero-order chi connectivity index (χ0) is 11.7. The minimum absolute atomic E-state index is 0.0543. The molecule has 1 N–H and O–H groups in total. The normalized spacial score (nSPS) is 14.6. The number of nitro groups is 1. The van der Waals surface area contributed by atoms with Crippen LogP contribution in [-0.4, -0.2) is 16.9 Å². The average molecular weight is 332 g/mol. The van der Waals surface area contributed by atoms with Crippen LogP contribution >= 0.6 is 22.6 Å². The highest BCUT2D eigenvalue weighted by Crippen LogP contribution is 2.22. The maximum absolute atomic E-state index is 11.8. The van der Waals surface area contributed by atoms with Crippen molar-refractivity contribution in [3.05, 3.63) is 37.4 Å². The van der Waals surface area contributed by atoms with Crippen LogP contribution in [0.2, 0.25) is 0 Å². The van der Waals surface area contributed by atoms with E-state index in [1.54, 1.807) is 6.07 Å². The fourth-order valence-corrected chi connectivity index (χ4v) is 1.87. The molecule has 1 aromatic rings. The van der Waals surface area contributed by atoms with Gasteiger partial charge in [-0.1, -0.05) is 0 Å². The molecule has 0 unspecified atom stereocenters. The first-order chi connectivity index (χ1) is 7.58. The lowest BCUT2D eigenvalue weighted by Crippen LogP contribution is -2.26. The van der Waals surface area contributed by atoms with Gasteiger partial charge in [-0.15, -0.1) is 0 Å². The Kier molecular flexibility index (Phi) is 3.08. The van der Waals surface area contributed by atoms with Gasteiger partial charge in [-0.05, 0) is 41.5 Å². The monoisotopic (exact) mass is 332 g/mol. The summed E-state index contributed by atoms with van der Waals surface area (Å²) >= 11 is 2.00. The fraction of sp³-hybridized carbons (Fsp3) is 0.300. The van der Waals surface area contributed by atoms with Gasteiger partial charge in [0.2, 0.25) is 0 Å². The van der Waals surface area contributed by atoms with Crippen molar-refractivity contribution < 1.29 is 9.72 Å². The first-order valence-corrected chi connectivity index (χ1v) is 5.90. The van der Waals surface area contributed by atoms with Crippen LogP contribution in [0.15, 0.2) is 18.2 Å². The number of benzene rings is 1. The SMILES string of the molecule is O=C(NC1CC1)c1cc([N+](=O)[O-])ccc1I. The van der Waals surface area contributed by atoms with Gasteiger partial charge in [0, 0.05) is 21.7 Å². The van der Waals surface area contributed by atoms with E-state index in [0.717, 1.165) is 16.4 Å². The van der Waals surface area contributed by atoms with Crippen molar-refractivity contribution in [3.63, 3.8) is 0 Å². The maximum Gasteiger partial charge on any atom is 0.270 e. The van der Waals surface area contributed by atoms with Crippen LogP contribution in [0.25, 0.3) is 0 Å². The number of nitro benzene ring substituents is 1. The Morgan fingerprint density at radius 1 is 1.50 bits per heavy atom. The van der Waals surface area contributed by atoms with Crippen molar-refractivity contribution in [1.82, 2.24) is 5.32 Å². The molecular formula is C10H9IN2O3. The van der Waals surface area contributed by atoms with Gasteiger partial charge in [0.15, 0.2) is 0 Å². The van der Waals surface area contributed by atoms with Gasteiger partial charge in [0.25, 0.3) is 11.6 Å². The van der Waals surface area contributed by atoms with Crippen LogP contribution in [0.5, 0.6) is 0 Å². The minimum Gasteiger partial charge on any atom is -0.349 e. The third-order valence-electron chi connectivity index (χ3n) is 2.32. The highest BCUT2D eigenvalue weighted by Gasteiger charge is 2.25. The molecule has 6 heteroatoms. The molecule has 1 aliphatic rings. The second kappa shape index (κ2) is 4.36. The Balaban J connectivity index is 2.26. The van der Waals surface area contributed by atoms with Crippen molar-refractivity contribution in [3.8, 4) is 0 Å². The van der Waals surface area contributed by atoms with E-state index in [1.807, 2.05) is 22.6 Å². The molecule has 1 saturated carbocycles. The molecule has 16 heavy (non-hydrogen) atoms. The van der Waals surface area contributed by atoms with Gasteiger partial charge in [-0.3, -0.25) is 14.9 Å². The van der Waals surface area contributed by atoms with Gasteiger partial charge >= 0.3 is 0 Å². The molecule has 0 saturated heterocycles. The number of nitrogens with zero attached hydrogens (tertiary/aromatic N) is 1. The summed E-state index contributed by atoms with van der Waals surface area (Å²) in [7, 11) is 0. The molecule has 0 aliphatic heterocycles. The summed E-state index contributed by atoms with van der Waals surface area (Å²) in [5.41, 5.74) is 0.322. The quantitative estimate of drug-likeness (QED) is 0.523. The summed E-state index contributed by atoms with van der Waals surface area (Å²) in [5.74, 6) is -0.226. The maximum atomic E-state index is 11.8. The van der Waals surface area contributed by atoms with Gasteiger partial charge in [0.05, 0.1) is 10.5 Å². The summed E-state index contributed by atoms with van der Waals surface area (Å²) in [5, 5.41) is 13.4. The van der Waals surface area contributed by atoms with E-state index in [4.69, 9.17) is 0 Å². The lowest BCUT2D eigenvalue weighted by atomic mass is 10.2. The van der Waals surface area contributed by atoms with Crippen molar-refractivity contribution in [2.24, 2.45) is 0 Å². The number of hydrogen-bond acceptors (Lipinski definition) is 3. The summed E-state index contributed by atoms with van der Waals surface area (Å²) in [6.45, 7) is 0. The van der Waals surface area contributed by atoms with Gasteiger partial charge < -0.3 is 5.32 Å². The molecule has 0 spiro atoms. The second-order valence-corrected chi connectivity index (χ2v) is 4.83. The van der Waals surface area contributed by atoms with E-state index in [0.29, 0.717) is 5.56 Å². The first kappa shape index (κ1) is 11.3. The van der Waals surface area contributed by atoms with Crippen LogP contribution in [0.3, 0.4) is 0 Å². The molecule has 1 amide bonds. The predicted molar refractivity (Wildman–Crippen MR) is 66.3 cm³/mol. The second-order valence-electron chi connectivity index (χ2n) is 3.67. The topological polar surface area (TPSA) is 72.2 Å². The Hall–Kier alpha value is -1.18. The number of carbonyl (C=O) groups is 1. The molecule has 84 valence electrons. The highest BCUT2D eigenvalue weighted by atomic mass is 127. The third kappa shape index (κ3) is 2.49. The first-order valence-electron chi connectivity index (χ1n) is 4.83. The number of hydrogen-bond donors (Lipinski definition) is 1. The van der Waals surface area contributed by atoms with Crippen molar-refractivity contribution in [2.75, 3.05) is 0 Å². The van der Waals surface area contributed by atoms with Gasteiger partial charge in [0.1, 0.15) is 0 Å². The third-order valence-corrected chi connectivity index (χ3v) is 3.26. The van der Waals surface area contributed by atoms with Crippen molar-refractivity contribution in [2.45, 2.75) is 18.9 Å². The zero-order valence-corrected chi connectivity index (χ0v) is 10.4. The van der Waals surface area contributed by atoms with Crippen LogP contribution in [-0.2, 0) is 0 Å². The smallest absolute Gasteiger partial charge is 0.270 e. The van der Waals surface area contributed by atoms with E-state index >= 15 is 0 Å². The van der Waals surface area contributed by atoms with Crippen LogP contribution in [0.1, 0.15) is 23.2 Å². The molecular weight excluding hydrogens is 323 g/mol. The number of non-ortho nitro benzene ring substituents is 1. The molecule has 1 aliphatic carbocycles. The molecule has 2 rings (SSSR count). The lowest BCUT2D eigenvalue weighted by molar-refractivity contribution is -0.384. The lowest BCUT2D eigenvalue weighted by Gasteiger charge is -2.05. The zero-order valence-electron chi connectivity index (χ0n) is 8.27. The van der Waals surface area contributed by atoms with E-state index in [-0.39, 0.29) is 17.6 Å². The summed E-state index contributed by atoms with van der Waals surface area (Å²) in [6, 6.07) is 4.55. The number of rotatable bonds is 3. The molecule has 1 fully saturated rings. The molecule has 5 nitrogen and oxygen atoms in total. The fourth-order valence-electron chi connectivity index (χ4n) is 1.29. The summed E-state index contributed by atoms with van der Waals surface area (Å²) in [4.78, 5) is 21.8. The highest BCUT2D eigenvalue weighted by molar-refractivity contribution is 14.1. The van der Waals surface area contributed by atoms with Gasteiger partial charge in [-0.2, -0.15) is 0 Å². The number of carbonyl (C=O) groups excluding carboxylic acids is 1. The minimum atomic E-state index is -0.496. The number of nitrogens with one attached hydrogen (secondary N) is 1. The largest absolute Gasteiger partial charge is 0.349 e. The molecule has 0 heterocycles. The Morgan fingerprint density at radius 3 is 2.75 bits per heavy atom. The number of halogens is 1. The molecule has 1 aromatic carbocycles. The van der Waals surface area contributed by atoms with E-state index < -0.39 is 4.92 Å². The van der Waals surface area contributed by atoms with E-state index in [9.17, 15) is 14.9 Å². The Bertz CT molecular complexity index is 457. The van der Waals surface area contributed by atoms with Crippen LogP contribution in [0.4, 0.5) is 5.69 Å². The Morgan fingerprint density at radius 2 is 2.19 bits per heavy atom. The molecule has 0 radical (unpaired) electrons.